The van der Waals surface area contributed by atoms with E-state index in [1.165, 1.54) is 19.2 Å². The first-order valence-corrected chi connectivity index (χ1v) is 4.28. The van der Waals surface area contributed by atoms with Crippen LogP contribution >= 0.6 is 0 Å². The van der Waals surface area contributed by atoms with Crippen LogP contribution in [0.15, 0.2) is 12.1 Å². The lowest BCUT2D eigenvalue weighted by molar-refractivity contribution is 0.177. The Hall–Kier alpha value is -1.00. The van der Waals surface area contributed by atoms with E-state index in [1.54, 1.807) is 6.92 Å². The third-order valence-electron chi connectivity index (χ3n) is 1.98. The Bertz CT molecular complexity index is 303. The Morgan fingerprint density at radius 2 is 1.86 bits per heavy atom. The fourth-order valence-corrected chi connectivity index (χ4v) is 1.17. The van der Waals surface area contributed by atoms with Crippen LogP contribution in [-0.2, 0) is 11.3 Å². The molecule has 0 radical (unpaired) electrons. The lowest BCUT2D eigenvalue weighted by Gasteiger charge is -2.09. The van der Waals surface area contributed by atoms with Crippen molar-refractivity contribution in [3.05, 3.63) is 34.9 Å². The summed E-state index contributed by atoms with van der Waals surface area (Å²) >= 11 is 0. The molecular weight excluding hydrogens is 188 g/mol. The van der Waals surface area contributed by atoms with E-state index < -0.39 is 11.6 Å². The first-order chi connectivity index (χ1) is 6.56. The largest absolute Gasteiger partial charge is 0.380 e. The van der Waals surface area contributed by atoms with Crippen LogP contribution in [0, 0.1) is 11.6 Å². The number of rotatable bonds is 3. The third kappa shape index (κ3) is 2.27. The van der Waals surface area contributed by atoms with Crippen LogP contribution in [0.25, 0.3) is 0 Å². The molecule has 4 heteroatoms. The highest BCUT2D eigenvalue weighted by atomic mass is 19.1. The molecule has 2 nitrogen and oxygen atoms in total. The van der Waals surface area contributed by atoms with E-state index >= 15 is 0 Å². The summed E-state index contributed by atoms with van der Waals surface area (Å²) in [5.41, 5.74) is 5.90. The first-order valence-electron chi connectivity index (χ1n) is 4.28. The highest BCUT2D eigenvalue weighted by molar-refractivity contribution is 5.27. The van der Waals surface area contributed by atoms with Crippen molar-refractivity contribution in [2.45, 2.75) is 19.6 Å². The molecule has 2 N–H and O–H groups in total. The zero-order valence-electron chi connectivity index (χ0n) is 8.18. The van der Waals surface area contributed by atoms with Gasteiger partial charge in [0.2, 0.25) is 0 Å². The zero-order chi connectivity index (χ0) is 10.7. The number of benzene rings is 1. The summed E-state index contributed by atoms with van der Waals surface area (Å²) in [6, 6.07) is 2.10. The van der Waals surface area contributed by atoms with E-state index in [0.717, 1.165) is 0 Å². The van der Waals surface area contributed by atoms with Crippen molar-refractivity contribution in [2.24, 2.45) is 5.73 Å². The summed E-state index contributed by atoms with van der Waals surface area (Å²) in [6.45, 7) is 1.60. The SMILES string of the molecule is COCc1c(F)cc(C(C)N)cc1F. The average molecular weight is 201 g/mol. The van der Waals surface area contributed by atoms with Gasteiger partial charge in [-0.1, -0.05) is 0 Å². The monoisotopic (exact) mass is 201 g/mol. The Kier molecular flexibility index (Phi) is 3.55. The molecule has 0 amide bonds. The van der Waals surface area contributed by atoms with Gasteiger partial charge in [0.15, 0.2) is 0 Å². The molecule has 1 unspecified atom stereocenters. The van der Waals surface area contributed by atoms with E-state index in [2.05, 4.69) is 4.74 Å². The molecule has 1 atom stereocenters. The first kappa shape index (κ1) is 11.1. The second-order valence-electron chi connectivity index (χ2n) is 3.18. The second-order valence-corrected chi connectivity index (χ2v) is 3.18. The lowest BCUT2D eigenvalue weighted by Crippen LogP contribution is -2.08. The Labute approximate surface area is 81.7 Å². The van der Waals surface area contributed by atoms with Gasteiger partial charge >= 0.3 is 0 Å². The molecule has 1 rings (SSSR count). The molecule has 0 saturated heterocycles. The van der Waals surface area contributed by atoms with E-state index in [4.69, 9.17) is 5.73 Å². The minimum atomic E-state index is -0.612. The topological polar surface area (TPSA) is 35.2 Å². The van der Waals surface area contributed by atoms with Gasteiger partial charge < -0.3 is 10.5 Å². The second kappa shape index (κ2) is 4.48. The minimum absolute atomic E-state index is 0.0584. The van der Waals surface area contributed by atoms with Gasteiger partial charge in [0, 0.05) is 18.7 Å². The van der Waals surface area contributed by atoms with Crippen LogP contribution in [0.2, 0.25) is 0 Å². The molecule has 1 aromatic rings. The molecule has 14 heavy (non-hydrogen) atoms. The van der Waals surface area contributed by atoms with E-state index in [0.29, 0.717) is 5.56 Å². The summed E-state index contributed by atoms with van der Waals surface area (Å²) in [6.07, 6.45) is 0. The molecule has 1 aromatic carbocycles. The molecule has 0 spiro atoms. The van der Waals surface area contributed by atoms with Gasteiger partial charge in [-0.3, -0.25) is 0 Å². The standard InChI is InChI=1S/C10H13F2NO/c1-6(13)7-3-9(11)8(5-14-2)10(12)4-7/h3-4,6H,5,13H2,1-2H3. The van der Waals surface area contributed by atoms with Gasteiger partial charge in [0.05, 0.1) is 6.61 Å². The molecule has 0 aliphatic heterocycles. The predicted octanol–water partition coefficient (Wildman–Crippen LogP) is 2.13. The van der Waals surface area contributed by atoms with Crippen molar-refractivity contribution in [2.75, 3.05) is 7.11 Å². The van der Waals surface area contributed by atoms with E-state index in [-0.39, 0.29) is 18.2 Å². The highest BCUT2D eigenvalue weighted by Gasteiger charge is 2.12. The number of hydrogen-bond acceptors (Lipinski definition) is 2. The Balaban J connectivity index is 3.11. The number of halogens is 2. The van der Waals surface area contributed by atoms with Crippen LogP contribution in [0.3, 0.4) is 0 Å². The number of methoxy groups -OCH3 is 1. The quantitative estimate of drug-likeness (QED) is 0.813. The summed E-state index contributed by atoms with van der Waals surface area (Å²) in [4.78, 5) is 0. The maximum atomic E-state index is 13.3. The summed E-state index contributed by atoms with van der Waals surface area (Å²) in [7, 11) is 1.39. The summed E-state index contributed by atoms with van der Waals surface area (Å²) < 4.78 is 31.2. The number of hydrogen-bond donors (Lipinski definition) is 1. The van der Waals surface area contributed by atoms with Gasteiger partial charge in [-0.15, -0.1) is 0 Å². The Morgan fingerprint density at radius 3 is 2.21 bits per heavy atom. The van der Waals surface area contributed by atoms with Gasteiger partial charge in [0.1, 0.15) is 11.6 Å². The van der Waals surface area contributed by atoms with Gasteiger partial charge in [-0.05, 0) is 24.6 Å². The lowest BCUT2D eigenvalue weighted by atomic mass is 10.1. The van der Waals surface area contributed by atoms with Crippen molar-refractivity contribution in [3.63, 3.8) is 0 Å². The third-order valence-corrected chi connectivity index (χ3v) is 1.98. The smallest absolute Gasteiger partial charge is 0.131 e. The van der Waals surface area contributed by atoms with Crippen molar-refractivity contribution < 1.29 is 13.5 Å². The Morgan fingerprint density at radius 1 is 1.36 bits per heavy atom. The van der Waals surface area contributed by atoms with Gasteiger partial charge in [-0.2, -0.15) is 0 Å². The van der Waals surface area contributed by atoms with Crippen molar-refractivity contribution >= 4 is 0 Å². The molecule has 0 fully saturated rings. The molecule has 0 aliphatic carbocycles. The zero-order valence-corrected chi connectivity index (χ0v) is 8.18. The maximum Gasteiger partial charge on any atom is 0.131 e. The van der Waals surface area contributed by atoms with Crippen LogP contribution in [0.1, 0.15) is 24.1 Å². The number of nitrogens with two attached hydrogens (primary N) is 1. The van der Waals surface area contributed by atoms with Crippen LogP contribution in [0.5, 0.6) is 0 Å². The molecule has 0 saturated carbocycles. The van der Waals surface area contributed by atoms with Crippen LogP contribution in [0.4, 0.5) is 8.78 Å². The summed E-state index contributed by atoms with van der Waals surface area (Å²) in [5.74, 6) is -1.22. The molecular formula is C10H13F2NO. The fraction of sp³-hybridized carbons (Fsp3) is 0.400. The molecule has 0 aliphatic rings. The maximum absolute atomic E-state index is 13.3. The van der Waals surface area contributed by atoms with Crippen LogP contribution < -0.4 is 5.73 Å². The van der Waals surface area contributed by atoms with Gasteiger partial charge in [-0.25, -0.2) is 8.78 Å². The van der Waals surface area contributed by atoms with Gasteiger partial charge in [0.25, 0.3) is 0 Å². The van der Waals surface area contributed by atoms with E-state index in [9.17, 15) is 8.78 Å². The number of ether oxygens (including phenoxy) is 1. The van der Waals surface area contributed by atoms with E-state index in [1.807, 2.05) is 0 Å². The fourth-order valence-electron chi connectivity index (χ4n) is 1.17. The minimum Gasteiger partial charge on any atom is -0.380 e. The molecule has 0 bridgehead atoms. The summed E-state index contributed by atoms with van der Waals surface area (Å²) in [5, 5.41) is 0. The predicted molar refractivity (Wildman–Crippen MR) is 49.7 cm³/mol. The van der Waals surface area contributed by atoms with Crippen molar-refractivity contribution in [1.82, 2.24) is 0 Å². The molecule has 78 valence electrons. The van der Waals surface area contributed by atoms with Crippen molar-refractivity contribution in [1.29, 1.82) is 0 Å². The normalized spacial score (nSPS) is 12.9. The van der Waals surface area contributed by atoms with Crippen LogP contribution in [-0.4, -0.2) is 7.11 Å². The molecule has 0 heterocycles. The highest BCUT2D eigenvalue weighted by Crippen LogP contribution is 2.19. The van der Waals surface area contributed by atoms with Crippen molar-refractivity contribution in [3.8, 4) is 0 Å². The molecule has 0 aromatic heterocycles. The average Bonchev–Trinajstić information content (AvgIpc) is 2.10.